The van der Waals surface area contributed by atoms with E-state index < -0.39 is 22.1 Å². The molecule has 2 N–H and O–H groups in total. The zero-order valence-electron chi connectivity index (χ0n) is 9.37. The quantitative estimate of drug-likeness (QED) is 0.743. The Kier molecular flexibility index (Phi) is 4.59. The first kappa shape index (κ1) is 13.6. The second-order valence-electron chi connectivity index (χ2n) is 3.36. The van der Waals surface area contributed by atoms with E-state index in [9.17, 15) is 13.2 Å². The van der Waals surface area contributed by atoms with Gasteiger partial charge in [-0.25, -0.2) is 0 Å². The minimum Gasteiger partial charge on any atom is -0.370 e. The van der Waals surface area contributed by atoms with Crippen molar-refractivity contribution in [3.63, 3.8) is 0 Å². The topological polar surface area (TPSA) is 99.4 Å². The van der Waals surface area contributed by atoms with Gasteiger partial charge < -0.3 is 5.73 Å². The van der Waals surface area contributed by atoms with Gasteiger partial charge in [-0.2, -0.15) is 8.42 Å². The molecular weight excluding hydrogens is 244 g/mol. The third-order valence-corrected chi connectivity index (χ3v) is 3.25. The van der Waals surface area contributed by atoms with Crippen molar-refractivity contribution in [2.75, 3.05) is 5.75 Å². The number of aromatic nitrogens is 1. The fraction of sp³-hybridized carbons (Fsp3) is 0.400. The zero-order valence-corrected chi connectivity index (χ0v) is 10.2. The summed E-state index contributed by atoms with van der Waals surface area (Å²) in [6.45, 7) is 1.45. The van der Waals surface area contributed by atoms with Crippen molar-refractivity contribution in [3.05, 3.63) is 30.1 Å². The number of carbonyl (C=O) groups excluding carboxylic acids is 1. The first-order valence-electron chi connectivity index (χ1n) is 5.05. The molecule has 7 heteroatoms. The van der Waals surface area contributed by atoms with Crippen LogP contribution in [0.5, 0.6) is 0 Å². The summed E-state index contributed by atoms with van der Waals surface area (Å²) in [5.41, 5.74) is 5.41. The van der Waals surface area contributed by atoms with E-state index in [1.54, 1.807) is 18.2 Å². The van der Waals surface area contributed by atoms with Crippen LogP contribution in [0, 0.1) is 0 Å². The Morgan fingerprint density at radius 3 is 2.71 bits per heavy atom. The number of rotatable bonds is 6. The number of carbonyl (C=O) groups is 1. The van der Waals surface area contributed by atoms with E-state index in [0.717, 1.165) is 0 Å². The van der Waals surface area contributed by atoms with Gasteiger partial charge in [0.1, 0.15) is 6.10 Å². The average molecular weight is 258 g/mol. The van der Waals surface area contributed by atoms with Crippen molar-refractivity contribution in [1.82, 2.24) is 4.98 Å². The molecule has 0 radical (unpaired) electrons. The number of nitrogens with two attached hydrogens (primary N) is 1. The Morgan fingerprint density at radius 2 is 2.24 bits per heavy atom. The van der Waals surface area contributed by atoms with E-state index >= 15 is 0 Å². The molecule has 0 aromatic carbocycles. The summed E-state index contributed by atoms with van der Waals surface area (Å²) in [5, 5.41) is 0. The minimum atomic E-state index is -3.66. The molecule has 0 saturated carbocycles. The van der Waals surface area contributed by atoms with Gasteiger partial charge >= 0.3 is 0 Å². The van der Waals surface area contributed by atoms with Crippen molar-refractivity contribution < 1.29 is 17.4 Å². The van der Waals surface area contributed by atoms with Gasteiger partial charge in [-0.3, -0.25) is 14.0 Å². The fourth-order valence-electron chi connectivity index (χ4n) is 1.18. The lowest BCUT2D eigenvalue weighted by atomic mass is 10.1. The predicted octanol–water partition coefficient (Wildman–Crippen LogP) is 0.364. The molecule has 0 bridgehead atoms. The standard InChI is InChI=1S/C10H14N2O4S/c1-2-17(14,15)16-9(7-10(11)13)8-5-3-4-6-12-8/h3-6,9H,2,7H2,1H3,(H2,11,13). The van der Waals surface area contributed by atoms with Gasteiger partial charge in [-0.1, -0.05) is 6.07 Å². The van der Waals surface area contributed by atoms with E-state index in [1.165, 1.54) is 13.1 Å². The maximum Gasteiger partial charge on any atom is 0.267 e. The van der Waals surface area contributed by atoms with Crippen molar-refractivity contribution in [3.8, 4) is 0 Å². The lowest BCUT2D eigenvalue weighted by Gasteiger charge is -2.14. The van der Waals surface area contributed by atoms with Gasteiger partial charge in [-0.05, 0) is 19.1 Å². The summed E-state index contributed by atoms with van der Waals surface area (Å²) in [6.07, 6.45) is 0.306. The Labute approximate surface area is 99.9 Å². The van der Waals surface area contributed by atoms with Crippen LogP contribution >= 0.6 is 0 Å². The summed E-state index contributed by atoms with van der Waals surface area (Å²) < 4.78 is 27.6. The smallest absolute Gasteiger partial charge is 0.267 e. The van der Waals surface area contributed by atoms with E-state index in [-0.39, 0.29) is 12.2 Å². The van der Waals surface area contributed by atoms with Crippen LogP contribution in [0.3, 0.4) is 0 Å². The van der Waals surface area contributed by atoms with Gasteiger partial charge in [0.2, 0.25) is 5.91 Å². The molecule has 1 rings (SSSR count). The molecule has 1 aromatic rings. The molecule has 0 aliphatic heterocycles. The Morgan fingerprint density at radius 1 is 1.53 bits per heavy atom. The molecule has 6 nitrogen and oxygen atoms in total. The average Bonchev–Trinajstić information content (AvgIpc) is 2.28. The number of nitrogens with zero attached hydrogens (tertiary/aromatic N) is 1. The van der Waals surface area contributed by atoms with Crippen molar-refractivity contribution in [2.24, 2.45) is 5.73 Å². The van der Waals surface area contributed by atoms with Crippen LogP contribution in [0.15, 0.2) is 24.4 Å². The SMILES string of the molecule is CCS(=O)(=O)OC(CC(N)=O)c1ccccn1. The fourth-order valence-corrected chi connectivity index (χ4v) is 1.84. The van der Waals surface area contributed by atoms with E-state index in [1.807, 2.05) is 0 Å². The first-order chi connectivity index (χ1) is 7.94. The van der Waals surface area contributed by atoms with Crippen LogP contribution in [0.1, 0.15) is 25.1 Å². The number of hydrogen-bond acceptors (Lipinski definition) is 5. The summed E-state index contributed by atoms with van der Waals surface area (Å²) in [7, 11) is -3.66. The third kappa shape index (κ3) is 4.49. The third-order valence-electron chi connectivity index (χ3n) is 2.02. The predicted molar refractivity (Wildman–Crippen MR) is 61.3 cm³/mol. The number of primary amides is 1. The Hall–Kier alpha value is -1.47. The first-order valence-corrected chi connectivity index (χ1v) is 6.62. The van der Waals surface area contributed by atoms with Gasteiger partial charge in [-0.15, -0.1) is 0 Å². The second-order valence-corrected chi connectivity index (χ2v) is 5.24. The van der Waals surface area contributed by atoms with Gasteiger partial charge in [0.15, 0.2) is 0 Å². The van der Waals surface area contributed by atoms with E-state index in [2.05, 4.69) is 4.98 Å². The second kappa shape index (κ2) is 5.74. The summed E-state index contributed by atoms with van der Waals surface area (Å²) in [5.74, 6) is -0.818. The van der Waals surface area contributed by atoms with Crippen LogP contribution in [-0.2, 0) is 19.1 Å². The maximum absolute atomic E-state index is 11.4. The number of hydrogen-bond donors (Lipinski definition) is 1. The number of pyridine rings is 1. The van der Waals surface area contributed by atoms with Crippen LogP contribution in [0.25, 0.3) is 0 Å². The molecule has 0 aliphatic carbocycles. The molecule has 1 aromatic heterocycles. The highest BCUT2D eigenvalue weighted by Crippen LogP contribution is 2.21. The molecule has 1 unspecified atom stereocenters. The monoisotopic (exact) mass is 258 g/mol. The molecule has 17 heavy (non-hydrogen) atoms. The highest BCUT2D eigenvalue weighted by molar-refractivity contribution is 7.86. The maximum atomic E-state index is 11.4. The van der Waals surface area contributed by atoms with Crippen molar-refractivity contribution in [2.45, 2.75) is 19.4 Å². The summed E-state index contributed by atoms with van der Waals surface area (Å²) in [6, 6.07) is 4.94. The molecule has 0 saturated heterocycles. The molecular formula is C10H14N2O4S. The molecule has 0 aliphatic rings. The van der Waals surface area contributed by atoms with Crippen LogP contribution < -0.4 is 5.73 Å². The highest BCUT2D eigenvalue weighted by atomic mass is 32.2. The normalized spacial score (nSPS) is 13.2. The van der Waals surface area contributed by atoms with Crippen molar-refractivity contribution in [1.29, 1.82) is 0 Å². The van der Waals surface area contributed by atoms with E-state index in [4.69, 9.17) is 9.92 Å². The lowest BCUT2D eigenvalue weighted by Crippen LogP contribution is -2.21. The Bertz CT molecular complexity index is 472. The highest BCUT2D eigenvalue weighted by Gasteiger charge is 2.22. The summed E-state index contributed by atoms with van der Waals surface area (Å²) >= 11 is 0. The van der Waals surface area contributed by atoms with Crippen LogP contribution in [0.4, 0.5) is 0 Å². The largest absolute Gasteiger partial charge is 0.370 e. The number of amides is 1. The van der Waals surface area contributed by atoms with Crippen LogP contribution in [0.2, 0.25) is 0 Å². The Balaban J connectivity index is 2.93. The minimum absolute atomic E-state index is 0.172. The molecule has 0 spiro atoms. The molecule has 94 valence electrons. The molecule has 1 heterocycles. The van der Waals surface area contributed by atoms with Crippen LogP contribution in [-0.4, -0.2) is 25.1 Å². The summed E-state index contributed by atoms with van der Waals surface area (Å²) in [4.78, 5) is 14.8. The molecule has 0 fully saturated rings. The van der Waals surface area contributed by atoms with E-state index in [0.29, 0.717) is 5.69 Å². The zero-order chi connectivity index (χ0) is 12.9. The van der Waals surface area contributed by atoms with Gasteiger partial charge in [0.25, 0.3) is 10.1 Å². The lowest BCUT2D eigenvalue weighted by molar-refractivity contribution is -0.119. The van der Waals surface area contributed by atoms with Gasteiger partial charge in [0.05, 0.1) is 17.9 Å². The molecule has 1 amide bonds. The molecule has 1 atom stereocenters. The van der Waals surface area contributed by atoms with Gasteiger partial charge in [0, 0.05) is 6.20 Å². The van der Waals surface area contributed by atoms with Crippen molar-refractivity contribution >= 4 is 16.0 Å².